The van der Waals surface area contributed by atoms with Gasteiger partial charge in [-0.1, -0.05) is 29.8 Å². The average molecular weight is 354 g/mol. The van der Waals surface area contributed by atoms with Crippen molar-refractivity contribution in [2.24, 2.45) is 0 Å². The maximum atomic E-state index is 6.00. The monoisotopic (exact) mass is 353 g/mol. The van der Waals surface area contributed by atoms with Crippen molar-refractivity contribution in [1.29, 1.82) is 0 Å². The van der Waals surface area contributed by atoms with E-state index in [-0.39, 0.29) is 0 Å². The zero-order chi connectivity index (χ0) is 14.5. The van der Waals surface area contributed by atoms with Crippen LogP contribution in [0.25, 0.3) is 0 Å². The van der Waals surface area contributed by atoms with Gasteiger partial charge in [0, 0.05) is 20.8 Å². The van der Waals surface area contributed by atoms with Gasteiger partial charge in [0.2, 0.25) is 0 Å². The summed E-state index contributed by atoms with van der Waals surface area (Å²) in [7, 11) is 1.96. The minimum atomic E-state index is 0.450. The molecule has 0 fully saturated rings. The lowest BCUT2D eigenvalue weighted by atomic mass is 10.0. The fourth-order valence-corrected chi connectivity index (χ4v) is 3.34. The minimum Gasteiger partial charge on any atom is -0.488 e. The highest BCUT2D eigenvalue weighted by Gasteiger charge is 2.09. The molecule has 0 saturated carbocycles. The van der Waals surface area contributed by atoms with Crippen molar-refractivity contribution in [3.63, 3.8) is 0 Å². The Bertz CT molecular complexity index is 565. The molecule has 20 heavy (non-hydrogen) atoms. The van der Waals surface area contributed by atoms with E-state index < -0.39 is 0 Å². The molecule has 1 N–H and O–H groups in total. The van der Waals surface area contributed by atoms with E-state index in [4.69, 9.17) is 4.74 Å². The van der Waals surface area contributed by atoms with Gasteiger partial charge in [0.25, 0.3) is 0 Å². The fourth-order valence-electron chi connectivity index (χ4n) is 2.02. The van der Waals surface area contributed by atoms with Gasteiger partial charge in [-0.05, 0) is 48.9 Å². The Morgan fingerprint density at radius 1 is 1.20 bits per heavy atom. The van der Waals surface area contributed by atoms with Crippen LogP contribution in [0.15, 0.2) is 34.8 Å². The van der Waals surface area contributed by atoms with Crippen LogP contribution in [0.3, 0.4) is 0 Å². The summed E-state index contributed by atoms with van der Waals surface area (Å²) < 4.78 is 7.10. The van der Waals surface area contributed by atoms with E-state index in [0.29, 0.717) is 12.5 Å². The number of thiophene rings is 1. The smallest absolute Gasteiger partial charge is 0.123 e. The number of hydrogen-bond donors (Lipinski definition) is 1. The molecule has 2 nitrogen and oxygen atoms in total. The van der Waals surface area contributed by atoms with Crippen LogP contribution in [0.1, 0.15) is 35.1 Å². The van der Waals surface area contributed by atoms with Gasteiger partial charge in [-0.3, -0.25) is 0 Å². The van der Waals surface area contributed by atoms with Gasteiger partial charge in [-0.2, -0.15) is 0 Å². The van der Waals surface area contributed by atoms with Gasteiger partial charge in [0.05, 0.1) is 0 Å². The van der Waals surface area contributed by atoms with E-state index in [1.54, 1.807) is 11.3 Å². The van der Waals surface area contributed by atoms with Crippen LogP contribution in [0.5, 0.6) is 5.75 Å². The molecule has 1 aromatic carbocycles. The molecule has 0 amide bonds. The SMILES string of the molecule is CNCc1ccc(COc2ccc(Br)cc2C(C)C)s1. The van der Waals surface area contributed by atoms with Crippen LogP contribution in [-0.4, -0.2) is 7.05 Å². The molecule has 0 unspecified atom stereocenters. The number of nitrogens with one attached hydrogen (secondary N) is 1. The summed E-state index contributed by atoms with van der Waals surface area (Å²) in [4.78, 5) is 2.60. The Morgan fingerprint density at radius 2 is 1.95 bits per heavy atom. The molecule has 1 aromatic heterocycles. The van der Waals surface area contributed by atoms with Crippen LogP contribution in [0.2, 0.25) is 0 Å². The Balaban J connectivity index is 2.06. The van der Waals surface area contributed by atoms with Gasteiger partial charge in [-0.15, -0.1) is 11.3 Å². The molecule has 2 rings (SSSR count). The summed E-state index contributed by atoms with van der Waals surface area (Å²) in [5.41, 5.74) is 1.24. The Labute approximate surface area is 133 Å². The van der Waals surface area contributed by atoms with Gasteiger partial charge in [-0.25, -0.2) is 0 Å². The normalized spacial score (nSPS) is 11.1. The first kappa shape index (κ1) is 15.5. The molecule has 0 spiro atoms. The Morgan fingerprint density at radius 3 is 2.65 bits per heavy atom. The standard InChI is InChI=1S/C16H20BrNOS/c1-11(2)15-8-12(17)4-7-16(15)19-10-14-6-5-13(20-14)9-18-3/h4-8,11,18H,9-10H2,1-3H3. The highest BCUT2D eigenvalue weighted by molar-refractivity contribution is 9.10. The second-order valence-electron chi connectivity index (χ2n) is 5.02. The van der Waals surface area contributed by atoms with Crippen molar-refractivity contribution in [3.8, 4) is 5.75 Å². The van der Waals surface area contributed by atoms with E-state index in [1.807, 2.05) is 19.2 Å². The molecule has 0 aliphatic carbocycles. The minimum absolute atomic E-state index is 0.450. The summed E-state index contributed by atoms with van der Waals surface area (Å²) in [6.07, 6.45) is 0. The molecular weight excluding hydrogens is 334 g/mol. The van der Waals surface area contributed by atoms with Crippen LogP contribution in [0, 0.1) is 0 Å². The van der Waals surface area contributed by atoms with Crippen LogP contribution in [0.4, 0.5) is 0 Å². The second-order valence-corrected chi connectivity index (χ2v) is 7.19. The number of benzene rings is 1. The third kappa shape index (κ3) is 4.08. The number of ether oxygens (including phenoxy) is 1. The molecule has 0 saturated heterocycles. The number of halogens is 1. The van der Waals surface area contributed by atoms with Gasteiger partial charge < -0.3 is 10.1 Å². The molecule has 0 bridgehead atoms. The summed E-state index contributed by atoms with van der Waals surface area (Å²) in [6, 6.07) is 10.5. The van der Waals surface area contributed by atoms with Gasteiger partial charge in [0.1, 0.15) is 12.4 Å². The maximum Gasteiger partial charge on any atom is 0.123 e. The first-order valence-corrected chi connectivity index (χ1v) is 8.35. The maximum absolute atomic E-state index is 6.00. The zero-order valence-corrected chi connectivity index (χ0v) is 14.5. The molecule has 0 aliphatic heterocycles. The third-order valence-electron chi connectivity index (χ3n) is 3.03. The lowest BCUT2D eigenvalue weighted by Gasteiger charge is -2.14. The fraction of sp³-hybridized carbons (Fsp3) is 0.375. The topological polar surface area (TPSA) is 21.3 Å². The quantitative estimate of drug-likeness (QED) is 0.794. The summed E-state index contributed by atoms with van der Waals surface area (Å²) >= 11 is 5.32. The third-order valence-corrected chi connectivity index (χ3v) is 4.58. The average Bonchev–Trinajstić information content (AvgIpc) is 2.85. The Kier molecular flexibility index (Phi) is 5.64. The van der Waals surface area contributed by atoms with Crippen molar-refractivity contribution >= 4 is 27.3 Å². The van der Waals surface area contributed by atoms with E-state index in [1.165, 1.54) is 15.3 Å². The number of hydrogen-bond acceptors (Lipinski definition) is 3. The zero-order valence-electron chi connectivity index (χ0n) is 12.1. The van der Waals surface area contributed by atoms with Crippen molar-refractivity contribution in [3.05, 3.63) is 50.1 Å². The molecule has 0 aliphatic rings. The summed E-state index contributed by atoms with van der Waals surface area (Å²) in [6.45, 7) is 5.92. The molecule has 108 valence electrons. The lowest BCUT2D eigenvalue weighted by Crippen LogP contribution is -2.02. The predicted molar refractivity (Wildman–Crippen MR) is 89.6 cm³/mol. The van der Waals surface area contributed by atoms with Gasteiger partial charge >= 0.3 is 0 Å². The van der Waals surface area contributed by atoms with Crippen molar-refractivity contribution in [2.75, 3.05) is 7.05 Å². The molecule has 1 heterocycles. The molecule has 4 heteroatoms. The second kappa shape index (κ2) is 7.25. The molecular formula is C16H20BrNOS. The largest absolute Gasteiger partial charge is 0.488 e. The highest BCUT2D eigenvalue weighted by atomic mass is 79.9. The summed E-state index contributed by atoms with van der Waals surface area (Å²) in [5, 5.41) is 3.17. The Hall–Kier alpha value is -0.840. The van der Waals surface area contributed by atoms with Crippen molar-refractivity contribution < 1.29 is 4.74 Å². The predicted octanol–water partition coefficient (Wildman–Crippen LogP) is 4.93. The summed E-state index contributed by atoms with van der Waals surface area (Å²) in [5.74, 6) is 1.43. The highest BCUT2D eigenvalue weighted by Crippen LogP contribution is 2.30. The first-order chi connectivity index (χ1) is 9.60. The molecule has 0 radical (unpaired) electrons. The molecule has 0 atom stereocenters. The first-order valence-electron chi connectivity index (χ1n) is 6.74. The van der Waals surface area contributed by atoms with Gasteiger partial charge in [0.15, 0.2) is 0 Å². The van der Waals surface area contributed by atoms with Crippen LogP contribution in [-0.2, 0) is 13.2 Å². The lowest BCUT2D eigenvalue weighted by molar-refractivity contribution is 0.305. The van der Waals surface area contributed by atoms with Crippen molar-refractivity contribution in [2.45, 2.75) is 32.9 Å². The van der Waals surface area contributed by atoms with Crippen molar-refractivity contribution in [1.82, 2.24) is 5.32 Å². The van der Waals surface area contributed by atoms with Crippen LogP contribution < -0.4 is 10.1 Å². The van der Waals surface area contributed by atoms with Crippen LogP contribution >= 0.6 is 27.3 Å². The van der Waals surface area contributed by atoms with E-state index >= 15 is 0 Å². The number of rotatable bonds is 6. The van der Waals surface area contributed by atoms with E-state index in [0.717, 1.165) is 16.8 Å². The van der Waals surface area contributed by atoms with E-state index in [9.17, 15) is 0 Å². The van der Waals surface area contributed by atoms with E-state index in [2.05, 4.69) is 53.3 Å². The molecule has 2 aromatic rings.